The van der Waals surface area contributed by atoms with Gasteiger partial charge >= 0.3 is 0 Å². The molecule has 0 saturated carbocycles. The molecule has 2 aromatic rings. The average molecular weight is 394 g/mol. The number of nitrogens with zero attached hydrogens (tertiary/aromatic N) is 2. The fraction of sp³-hybridized carbons (Fsp3) is 0.444. The summed E-state index contributed by atoms with van der Waals surface area (Å²) in [6.07, 6.45) is 4.09. The molecule has 4 nitrogen and oxygen atoms in total. The molecule has 0 aliphatic carbocycles. The van der Waals surface area contributed by atoms with Gasteiger partial charge in [0, 0.05) is 23.2 Å². The van der Waals surface area contributed by atoms with Crippen molar-refractivity contribution >= 4 is 40.6 Å². The predicted octanol–water partition coefficient (Wildman–Crippen LogP) is 4.16. The number of hydrogen-bond donors (Lipinski definition) is 1. The van der Waals surface area contributed by atoms with E-state index >= 15 is 0 Å². The van der Waals surface area contributed by atoms with Crippen molar-refractivity contribution in [2.45, 2.75) is 41.0 Å². The Hall–Kier alpha value is -1.08. The third-order valence-electron chi connectivity index (χ3n) is 5.20. The van der Waals surface area contributed by atoms with Gasteiger partial charge < -0.3 is 5.32 Å². The van der Waals surface area contributed by atoms with Gasteiger partial charge in [-0.3, -0.25) is 9.69 Å². The number of halogens is 1. The normalized spacial score (nSPS) is 28.1. The Morgan fingerprint density at radius 2 is 2.16 bits per heavy atom. The lowest BCUT2D eigenvalue weighted by atomic mass is 9.79. The van der Waals surface area contributed by atoms with Crippen LogP contribution in [-0.2, 0) is 0 Å². The lowest BCUT2D eigenvalue weighted by Crippen LogP contribution is -2.62. The summed E-state index contributed by atoms with van der Waals surface area (Å²) in [5.74, 6) is 0.673. The standard InChI is InChI=1S/C18H20ClN3OS2/c1-11-17(12-5-8-22(11)9-6-12)21-18(23)14-2-3-16(25-14)24-13-4-7-20-15(19)10-13/h2-4,7,10-12,17H,5-6,8-9H2,1H3,(H,21,23). The largest absolute Gasteiger partial charge is 0.347 e. The molecule has 2 atom stereocenters. The summed E-state index contributed by atoms with van der Waals surface area (Å²) in [7, 11) is 0. The topological polar surface area (TPSA) is 45.2 Å². The second kappa shape index (κ2) is 7.27. The van der Waals surface area contributed by atoms with E-state index in [4.69, 9.17) is 11.6 Å². The number of aromatic nitrogens is 1. The summed E-state index contributed by atoms with van der Waals surface area (Å²) in [5, 5.41) is 3.77. The van der Waals surface area contributed by atoms with E-state index in [0.717, 1.165) is 14.0 Å². The van der Waals surface area contributed by atoms with Gasteiger partial charge in [-0.2, -0.15) is 0 Å². The molecule has 1 amide bonds. The minimum Gasteiger partial charge on any atom is -0.347 e. The number of carbonyl (C=O) groups is 1. The van der Waals surface area contributed by atoms with Crippen LogP contribution in [0.2, 0.25) is 5.15 Å². The van der Waals surface area contributed by atoms with E-state index < -0.39 is 0 Å². The second-order valence-electron chi connectivity index (χ2n) is 6.65. The molecule has 0 spiro atoms. The Kier molecular flexibility index (Phi) is 5.04. The monoisotopic (exact) mass is 393 g/mol. The number of rotatable bonds is 4. The number of thiophene rings is 1. The van der Waals surface area contributed by atoms with E-state index in [2.05, 4.69) is 22.1 Å². The molecule has 3 aliphatic rings. The van der Waals surface area contributed by atoms with Crippen LogP contribution in [0.25, 0.3) is 0 Å². The van der Waals surface area contributed by atoms with Crippen LogP contribution in [0.5, 0.6) is 0 Å². The molecule has 0 aromatic carbocycles. The van der Waals surface area contributed by atoms with Crippen LogP contribution in [0.15, 0.2) is 39.6 Å². The minimum atomic E-state index is 0.0511. The summed E-state index contributed by atoms with van der Waals surface area (Å²) < 4.78 is 1.08. The Balaban J connectivity index is 1.42. The highest BCUT2D eigenvalue weighted by Gasteiger charge is 2.40. The summed E-state index contributed by atoms with van der Waals surface area (Å²) in [6.45, 7) is 4.58. The number of pyridine rings is 1. The SMILES string of the molecule is CC1C(NC(=O)c2ccc(Sc3ccnc(Cl)c3)s2)C2CCN1CC2. The van der Waals surface area contributed by atoms with Crippen molar-refractivity contribution in [3.05, 3.63) is 40.5 Å². The highest BCUT2D eigenvalue weighted by atomic mass is 35.5. The van der Waals surface area contributed by atoms with Crippen molar-refractivity contribution in [1.29, 1.82) is 0 Å². The average Bonchev–Trinajstić information content (AvgIpc) is 3.07. The predicted molar refractivity (Wildman–Crippen MR) is 103 cm³/mol. The first-order chi connectivity index (χ1) is 12.1. The fourth-order valence-corrected chi connectivity index (χ4v) is 6.10. The van der Waals surface area contributed by atoms with E-state index in [0.29, 0.717) is 17.1 Å². The molecule has 5 heterocycles. The molecular formula is C18H20ClN3OS2. The lowest BCUT2D eigenvalue weighted by molar-refractivity contribution is 0.0218. The molecule has 7 heteroatoms. The molecule has 3 fully saturated rings. The number of carbonyl (C=O) groups excluding carboxylic acids is 1. The maximum absolute atomic E-state index is 12.7. The molecular weight excluding hydrogens is 374 g/mol. The number of nitrogens with one attached hydrogen (secondary N) is 1. The first kappa shape index (κ1) is 17.3. The van der Waals surface area contributed by atoms with Crippen LogP contribution >= 0.6 is 34.7 Å². The highest BCUT2D eigenvalue weighted by Crippen LogP contribution is 2.35. The van der Waals surface area contributed by atoms with Crippen molar-refractivity contribution < 1.29 is 4.79 Å². The zero-order valence-corrected chi connectivity index (χ0v) is 16.3. The third-order valence-corrected chi connectivity index (χ3v) is 7.61. The van der Waals surface area contributed by atoms with Crippen LogP contribution in [-0.4, -0.2) is 41.0 Å². The molecule has 3 saturated heterocycles. The van der Waals surface area contributed by atoms with Crippen LogP contribution in [0.1, 0.15) is 29.4 Å². The second-order valence-corrected chi connectivity index (χ2v) is 9.49. The van der Waals surface area contributed by atoms with Gasteiger partial charge in [0.15, 0.2) is 0 Å². The van der Waals surface area contributed by atoms with Gasteiger partial charge in [0.05, 0.1) is 9.09 Å². The van der Waals surface area contributed by atoms with Gasteiger partial charge in [-0.05, 0) is 63.0 Å². The van der Waals surface area contributed by atoms with E-state index in [-0.39, 0.29) is 11.9 Å². The summed E-state index contributed by atoms with van der Waals surface area (Å²) >= 11 is 9.06. The Morgan fingerprint density at radius 3 is 2.88 bits per heavy atom. The van der Waals surface area contributed by atoms with Gasteiger partial charge in [-0.25, -0.2) is 4.98 Å². The maximum Gasteiger partial charge on any atom is 0.261 e. The first-order valence-corrected chi connectivity index (χ1v) is 10.6. The van der Waals surface area contributed by atoms with E-state index in [1.807, 2.05) is 24.3 Å². The van der Waals surface area contributed by atoms with E-state index in [9.17, 15) is 4.79 Å². The van der Waals surface area contributed by atoms with Gasteiger partial charge in [0.1, 0.15) is 5.15 Å². The maximum atomic E-state index is 12.7. The highest BCUT2D eigenvalue weighted by molar-refractivity contribution is 8.01. The molecule has 0 radical (unpaired) electrons. The van der Waals surface area contributed by atoms with Crippen LogP contribution in [0.3, 0.4) is 0 Å². The van der Waals surface area contributed by atoms with E-state index in [1.54, 1.807) is 18.0 Å². The van der Waals surface area contributed by atoms with Crippen molar-refractivity contribution in [2.75, 3.05) is 13.1 Å². The zero-order valence-electron chi connectivity index (χ0n) is 13.9. The van der Waals surface area contributed by atoms with Crippen LogP contribution < -0.4 is 5.32 Å². The Labute approximate surface area is 161 Å². The van der Waals surface area contributed by atoms with Gasteiger partial charge in [-0.15, -0.1) is 11.3 Å². The Bertz CT molecular complexity index is 771. The number of hydrogen-bond acceptors (Lipinski definition) is 5. The molecule has 2 unspecified atom stereocenters. The number of amides is 1. The summed E-state index contributed by atoms with van der Waals surface area (Å²) in [4.78, 5) is 21.0. The lowest BCUT2D eigenvalue weighted by Gasteiger charge is -2.49. The Morgan fingerprint density at radius 1 is 1.36 bits per heavy atom. The number of piperidine rings is 3. The van der Waals surface area contributed by atoms with Crippen molar-refractivity contribution in [3.8, 4) is 0 Å². The van der Waals surface area contributed by atoms with Gasteiger partial charge in [0.25, 0.3) is 5.91 Å². The van der Waals surface area contributed by atoms with E-state index in [1.165, 1.54) is 37.3 Å². The first-order valence-electron chi connectivity index (χ1n) is 8.54. The van der Waals surface area contributed by atoms with Crippen molar-refractivity contribution in [3.63, 3.8) is 0 Å². The smallest absolute Gasteiger partial charge is 0.261 e. The molecule has 2 bridgehead atoms. The van der Waals surface area contributed by atoms with Crippen molar-refractivity contribution in [2.24, 2.45) is 5.92 Å². The summed E-state index contributed by atoms with van der Waals surface area (Å²) in [6, 6.07) is 8.37. The summed E-state index contributed by atoms with van der Waals surface area (Å²) in [5.41, 5.74) is 0. The fourth-order valence-electron chi connectivity index (χ4n) is 3.83. The van der Waals surface area contributed by atoms with Crippen LogP contribution in [0, 0.1) is 5.92 Å². The molecule has 25 heavy (non-hydrogen) atoms. The number of fused-ring (bicyclic) bond motifs is 3. The molecule has 2 aromatic heterocycles. The molecule has 132 valence electrons. The van der Waals surface area contributed by atoms with Crippen molar-refractivity contribution in [1.82, 2.24) is 15.2 Å². The minimum absolute atomic E-state index is 0.0511. The third kappa shape index (κ3) is 3.72. The van der Waals surface area contributed by atoms with Crippen LogP contribution in [0.4, 0.5) is 0 Å². The molecule has 3 aliphatic heterocycles. The van der Waals surface area contributed by atoms with Gasteiger partial charge in [0.2, 0.25) is 0 Å². The quantitative estimate of drug-likeness (QED) is 0.792. The zero-order chi connectivity index (χ0) is 17.4. The molecule has 1 N–H and O–H groups in total. The van der Waals surface area contributed by atoms with Gasteiger partial charge in [-0.1, -0.05) is 23.4 Å². The molecule has 5 rings (SSSR count).